The lowest BCUT2D eigenvalue weighted by molar-refractivity contribution is -0.126. The maximum atomic E-state index is 12.9. The Hall–Kier alpha value is -3.10. The lowest BCUT2D eigenvalue weighted by Crippen LogP contribution is -2.59. The maximum Gasteiger partial charge on any atom is 0.431 e. The summed E-state index contributed by atoms with van der Waals surface area (Å²) in [6.07, 6.45) is 0.206. The fourth-order valence-corrected chi connectivity index (χ4v) is 3.60. The van der Waals surface area contributed by atoms with Crippen LogP contribution in [0.5, 0.6) is 0 Å². The number of nitrogens with zero attached hydrogens (tertiary/aromatic N) is 1. The highest BCUT2D eigenvalue weighted by Crippen LogP contribution is 2.27. The van der Waals surface area contributed by atoms with Crippen molar-refractivity contribution in [3.8, 4) is 0 Å². The van der Waals surface area contributed by atoms with Crippen molar-refractivity contribution in [2.24, 2.45) is 5.92 Å². The molecular weight excluding hydrogens is 412 g/mol. The van der Waals surface area contributed by atoms with E-state index < -0.39 is 17.9 Å². The van der Waals surface area contributed by atoms with Crippen LogP contribution in [0.3, 0.4) is 0 Å². The summed E-state index contributed by atoms with van der Waals surface area (Å²) in [5.74, 6) is 0.0466. The molecule has 2 unspecified atom stereocenters. The van der Waals surface area contributed by atoms with Crippen molar-refractivity contribution in [1.29, 1.82) is 0 Å². The average Bonchev–Trinajstić information content (AvgIpc) is 2.81. The predicted molar refractivity (Wildman–Crippen MR) is 117 cm³/mol. The van der Waals surface area contributed by atoms with Crippen molar-refractivity contribution < 1.29 is 28.9 Å². The number of amides is 2. The van der Waals surface area contributed by atoms with E-state index in [9.17, 15) is 14.7 Å². The second-order valence-corrected chi connectivity index (χ2v) is 8.05. The molecule has 2 N–H and O–H groups in total. The molecule has 32 heavy (non-hydrogen) atoms. The van der Waals surface area contributed by atoms with Gasteiger partial charge in [0.2, 0.25) is 0 Å². The molecule has 0 aliphatic carbocycles. The van der Waals surface area contributed by atoms with Gasteiger partial charge in [-0.3, -0.25) is 0 Å². The Bertz CT molecular complexity index is 853. The van der Waals surface area contributed by atoms with Crippen LogP contribution in [0.4, 0.5) is 9.59 Å². The van der Waals surface area contributed by atoms with Gasteiger partial charge in [-0.1, -0.05) is 60.7 Å². The highest BCUT2D eigenvalue weighted by Gasteiger charge is 2.39. The zero-order valence-electron chi connectivity index (χ0n) is 18.2. The van der Waals surface area contributed by atoms with E-state index in [1.165, 1.54) is 6.92 Å². The van der Waals surface area contributed by atoms with Crippen molar-refractivity contribution in [1.82, 2.24) is 10.4 Å². The van der Waals surface area contributed by atoms with Crippen molar-refractivity contribution in [2.75, 3.05) is 13.2 Å². The molecule has 1 aliphatic rings. The molecule has 1 heterocycles. The third-order valence-corrected chi connectivity index (χ3v) is 5.22. The monoisotopic (exact) mass is 442 g/mol. The van der Waals surface area contributed by atoms with Gasteiger partial charge in [-0.15, -0.1) is 0 Å². The normalized spacial score (nSPS) is 17.6. The zero-order valence-corrected chi connectivity index (χ0v) is 18.2. The molecule has 1 saturated heterocycles. The molecule has 1 fully saturated rings. The fourth-order valence-electron chi connectivity index (χ4n) is 3.60. The van der Waals surface area contributed by atoms with Gasteiger partial charge >= 0.3 is 12.2 Å². The average molecular weight is 443 g/mol. The second-order valence-electron chi connectivity index (χ2n) is 8.05. The van der Waals surface area contributed by atoms with Gasteiger partial charge in [0.15, 0.2) is 5.72 Å². The topological polar surface area (TPSA) is 97.3 Å². The highest BCUT2D eigenvalue weighted by molar-refractivity contribution is 5.74. The lowest BCUT2D eigenvalue weighted by Gasteiger charge is -2.38. The summed E-state index contributed by atoms with van der Waals surface area (Å²) in [6.45, 7) is 2.66. The van der Waals surface area contributed by atoms with E-state index in [0.29, 0.717) is 13.2 Å². The van der Waals surface area contributed by atoms with E-state index in [1.807, 2.05) is 60.7 Å². The van der Waals surface area contributed by atoms with Gasteiger partial charge in [-0.05, 0) is 36.8 Å². The first kappa shape index (κ1) is 23.6. The van der Waals surface area contributed by atoms with E-state index in [4.69, 9.17) is 14.2 Å². The molecule has 0 spiro atoms. The van der Waals surface area contributed by atoms with Gasteiger partial charge in [-0.25, -0.2) is 15.0 Å². The number of hydrazine groups is 1. The zero-order chi connectivity index (χ0) is 22.8. The Morgan fingerprint density at radius 3 is 2.22 bits per heavy atom. The highest BCUT2D eigenvalue weighted by atomic mass is 16.6. The number of carbonyl (C=O) groups excluding carboxylic acids is 2. The van der Waals surface area contributed by atoms with Gasteiger partial charge in [0, 0.05) is 19.6 Å². The Kier molecular flexibility index (Phi) is 8.47. The van der Waals surface area contributed by atoms with Crippen molar-refractivity contribution in [2.45, 2.75) is 45.1 Å². The first-order chi connectivity index (χ1) is 15.4. The van der Waals surface area contributed by atoms with E-state index in [2.05, 4.69) is 5.43 Å². The van der Waals surface area contributed by atoms with Crippen LogP contribution in [0.25, 0.3) is 0 Å². The molecule has 0 saturated carbocycles. The molecular formula is C24H30N2O6. The molecule has 2 amide bonds. The molecule has 3 rings (SSSR count). The summed E-state index contributed by atoms with van der Waals surface area (Å²) in [4.78, 5) is 25.3. The quantitative estimate of drug-likeness (QED) is 0.497. The van der Waals surface area contributed by atoms with Gasteiger partial charge in [0.05, 0.1) is 0 Å². The Labute approximate surface area is 188 Å². The summed E-state index contributed by atoms with van der Waals surface area (Å²) < 4.78 is 16.1. The molecule has 0 bridgehead atoms. The van der Waals surface area contributed by atoms with Crippen molar-refractivity contribution in [3.05, 3.63) is 71.8 Å². The molecule has 1 aliphatic heterocycles. The first-order valence-corrected chi connectivity index (χ1v) is 10.7. The van der Waals surface area contributed by atoms with E-state index in [-0.39, 0.29) is 25.6 Å². The summed E-state index contributed by atoms with van der Waals surface area (Å²) in [7, 11) is 0. The first-order valence-electron chi connectivity index (χ1n) is 10.7. The molecule has 2 aromatic carbocycles. The van der Waals surface area contributed by atoms with Gasteiger partial charge in [0.25, 0.3) is 0 Å². The smallest absolute Gasteiger partial charge is 0.431 e. The van der Waals surface area contributed by atoms with E-state index in [0.717, 1.165) is 29.0 Å². The number of aliphatic hydroxyl groups is 1. The van der Waals surface area contributed by atoms with Crippen LogP contribution in [0.15, 0.2) is 60.7 Å². The Morgan fingerprint density at radius 1 is 1.06 bits per heavy atom. The SMILES string of the molecule is CC(O)(CC1CCCOC1)N(NC(=O)OCc1ccccc1)C(=O)OCc1ccccc1. The van der Waals surface area contributed by atoms with Crippen LogP contribution in [0.1, 0.15) is 37.3 Å². The number of carbonyl (C=O) groups is 2. The minimum Gasteiger partial charge on any atom is -0.443 e. The minimum atomic E-state index is -1.70. The fraction of sp³-hybridized carbons (Fsp3) is 0.417. The lowest BCUT2D eigenvalue weighted by atomic mass is 9.93. The number of benzene rings is 2. The maximum absolute atomic E-state index is 12.9. The number of ether oxygens (including phenoxy) is 3. The number of rotatable bonds is 7. The number of hydrogen-bond donors (Lipinski definition) is 2. The van der Waals surface area contributed by atoms with Gasteiger partial charge < -0.3 is 19.3 Å². The molecule has 2 atom stereocenters. The second kappa shape index (κ2) is 11.5. The molecule has 0 aromatic heterocycles. The summed E-state index contributed by atoms with van der Waals surface area (Å²) in [5.41, 5.74) is 2.24. The third-order valence-electron chi connectivity index (χ3n) is 5.22. The Morgan fingerprint density at radius 2 is 1.66 bits per heavy atom. The van der Waals surface area contributed by atoms with Crippen LogP contribution < -0.4 is 5.43 Å². The molecule has 172 valence electrons. The summed E-state index contributed by atoms with van der Waals surface area (Å²) in [5, 5.41) is 11.9. The van der Waals surface area contributed by atoms with Crippen LogP contribution in [0.2, 0.25) is 0 Å². The van der Waals surface area contributed by atoms with Crippen molar-refractivity contribution >= 4 is 12.2 Å². The summed E-state index contributed by atoms with van der Waals surface area (Å²) >= 11 is 0. The number of hydrogen-bond acceptors (Lipinski definition) is 6. The van der Waals surface area contributed by atoms with Crippen LogP contribution in [0, 0.1) is 5.92 Å². The number of nitrogens with one attached hydrogen (secondary N) is 1. The van der Waals surface area contributed by atoms with Crippen molar-refractivity contribution in [3.63, 3.8) is 0 Å². The van der Waals surface area contributed by atoms with Crippen LogP contribution in [-0.2, 0) is 27.4 Å². The largest absolute Gasteiger partial charge is 0.443 e. The summed E-state index contributed by atoms with van der Waals surface area (Å²) in [6, 6.07) is 18.3. The molecule has 8 heteroatoms. The molecule has 2 aromatic rings. The third kappa shape index (κ3) is 7.25. The minimum absolute atomic E-state index is 0.000460. The standard InChI is InChI=1S/C24H30N2O6/c1-24(29,15-21-13-8-14-30-16-21)26(23(28)32-18-20-11-6-3-7-12-20)25-22(27)31-17-19-9-4-2-5-10-19/h2-7,9-12,21,29H,8,13-18H2,1H3,(H,25,27). The van der Waals surface area contributed by atoms with E-state index >= 15 is 0 Å². The van der Waals surface area contributed by atoms with E-state index in [1.54, 1.807) is 0 Å². The van der Waals surface area contributed by atoms with Gasteiger partial charge in [-0.2, -0.15) is 5.01 Å². The predicted octanol–water partition coefficient (Wildman–Crippen LogP) is 3.99. The molecule has 8 nitrogen and oxygen atoms in total. The Balaban J connectivity index is 1.65. The van der Waals surface area contributed by atoms with Gasteiger partial charge in [0.1, 0.15) is 13.2 Å². The van der Waals surface area contributed by atoms with Crippen LogP contribution >= 0.6 is 0 Å². The molecule has 0 radical (unpaired) electrons. The van der Waals surface area contributed by atoms with Crippen LogP contribution in [-0.4, -0.2) is 41.2 Å².